The molecule has 6 rings (SSSR count). The molecule has 0 atom stereocenters. The summed E-state index contributed by atoms with van der Waals surface area (Å²) in [7, 11) is 0. The van der Waals surface area contributed by atoms with Gasteiger partial charge < -0.3 is 4.52 Å². The SMILES string of the molecule is CC(C)(CC(=O)CC1(CC(=O)c2cc(-c3ccc(F)cc3F)on2)CN(C2CC3(CC3)C2)C1)c1ccccn1. The van der Waals surface area contributed by atoms with Gasteiger partial charge in [-0.2, -0.15) is 0 Å². The Balaban J connectivity index is 1.16. The fraction of sp³-hybridized carbons (Fsp3) is 0.484. The van der Waals surface area contributed by atoms with Crippen LogP contribution in [0.1, 0.15) is 75.0 Å². The molecule has 2 saturated carbocycles. The molecule has 204 valence electrons. The number of nitrogens with zero attached hydrogens (tertiary/aromatic N) is 3. The lowest BCUT2D eigenvalue weighted by Gasteiger charge is -2.57. The minimum absolute atomic E-state index is 0.0402. The number of Topliss-reactive ketones (excluding diaryl/α,β-unsaturated/α-hetero) is 2. The Morgan fingerprint density at radius 1 is 1.08 bits per heavy atom. The van der Waals surface area contributed by atoms with Crippen LogP contribution in [-0.4, -0.2) is 45.7 Å². The predicted octanol–water partition coefficient (Wildman–Crippen LogP) is 6.16. The molecule has 3 aliphatic rings. The number of benzene rings is 1. The lowest BCUT2D eigenvalue weighted by Crippen LogP contribution is -2.64. The molecule has 1 saturated heterocycles. The van der Waals surface area contributed by atoms with Crippen molar-refractivity contribution in [2.24, 2.45) is 10.8 Å². The number of likely N-dealkylation sites (tertiary alicyclic amines) is 1. The van der Waals surface area contributed by atoms with E-state index in [-0.39, 0.29) is 35.0 Å². The molecule has 6 nitrogen and oxygen atoms in total. The fourth-order valence-corrected chi connectivity index (χ4v) is 6.62. The number of hydrogen-bond donors (Lipinski definition) is 0. The van der Waals surface area contributed by atoms with Crippen molar-refractivity contribution in [2.45, 2.75) is 70.3 Å². The summed E-state index contributed by atoms with van der Waals surface area (Å²) in [6, 6.07) is 10.8. The number of aromatic nitrogens is 2. The van der Waals surface area contributed by atoms with E-state index in [1.165, 1.54) is 37.8 Å². The zero-order valence-corrected chi connectivity index (χ0v) is 22.4. The van der Waals surface area contributed by atoms with Crippen molar-refractivity contribution in [3.8, 4) is 11.3 Å². The molecule has 2 aliphatic carbocycles. The summed E-state index contributed by atoms with van der Waals surface area (Å²) in [5, 5.41) is 3.89. The Kier molecular flexibility index (Phi) is 6.29. The van der Waals surface area contributed by atoms with Crippen molar-refractivity contribution in [1.29, 1.82) is 0 Å². The first-order valence-electron chi connectivity index (χ1n) is 13.7. The van der Waals surface area contributed by atoms with E-state index in [2.05, 4.69) is 15.0 Å². The van der Waals surface area contributed by atoms with Gasteiger partial charge in [-0.1, -0.05) is 25.1 Å². The number of pyridine rings is 1. The lowest BCUT2D eigenvalue weighted by atomic mass is 9.66. The number of hydrogen-bond acceptors (Lipinski definition) is 6. The average molecular weight is 534 g/mol. The average Bonchev–Trinajstić information content (AvgIpc) is 3.50. The van der Waals surface area contributed by atoms with Crippen molar-refractivity contribution < 1.29 is 22.9 Å². The van der Waals surface area contributed by atoms with Gasteiger partial charge in [0.05, 0.1) is 5.56 Å². The van der Waals surface area contributed by atoms with E-state index < -0.39 is 22.5 Å². The van der Waals surface area contributed by atoms with Crippen molar-refractivity contribution in [3.05, 3.63) is 71.7 Å². The third-order valence-electron chi connectivity index (χ3n) is 8.99. The molecule has 0 N–H and O–H groups in total. The van der Waals surface area contributed by atoms with Gasteiger partial charge in [0, 0.05) is 73.2 Å². The van der Waals surface area contributed by atoms with Crippen LogP contribution in [0, 0.1) is 22.5 Å². The molecule has 8 heteroatoms. The zero-order chi connectivity index (χ0) is 27.4. The van der Waals surface area contributed by atoms with Crippen molar-refractivity contribution >= 4 is 11.6 Å². The van der Waals surface area contributed by atoms with Gasteiger partial charge in [-0.15, -0.1) is 0 Å². The zero-order valence-electron chi connectivity index (χ0n) is 22.4. The van der Waals surface area contributed by atoms with Crippen LogP contribution in [0.15, 0.2) is 53.2 Å². The van der Waals surface area contributed by atoms with E-state index in [0.717, 1.165) is 17.8 Å². The Morgan fingerprint density at radius 2 is 1.85 bits per heavy atom. The number of ketones is 2. The summed E-state index contributed by atoms with van der Waals surface area (Å²) in [4.78, 5) is 33.7. The van der Waals surface area contributed by atoms with Gasteiger partial charge >= 0.3 is 0 Å². The van der Waals surface area contributed by atoms with Gasteiger partial charge in [-0.05, 0) is 55.4 Å². The molecule has 0 bridgehead atoms. The molecule has 0 unspecified atom stereocenters. The van der Waals surface area contributed by atoms with E-state index in [1.807, 2.05) is 32.0 Å². The van der Waals surface area contributed by atoms with E-state index in [9.17, 15) is 18.4 Å². The van der Waals surface area contributed by atoms with Crippen LogP contribution in [0.5, 0.6) is 0 Å². The third kappa shape index (κ3) is 5.19. The maximum atomic E-state index is 14.2. The summed E-state index contributed by atoms with van der Waals surface area (Å²) in [5.74, 6) is -1.54. The topological polar surface area (TPSA) is 76.3 Å². The Morgan fingerprint density at radius 3 is 2.51 bits per heavy atom. The highest BCUT2D eigenvalue weighted by molar-refractivity contribution is 5.96. The van der Waals surface area contributed by atoms with Gasteiger partial charge in [0.1, 0.15) is 23.1 Å². The highest BCUT2D eigenvalue weighted by Gasteiger charge is 2.58. The minimum atomic E-state index is -0.786. The van der Waals surface area contributed by atoms with Gasteiger partial charge in [-0.25, -0.2) is 8.78 Å². The van der Waals surface area contributed by atoms with Crippen molar-refractivity contribution in [2.75, 3.05) is 13.1 Å². The van der Waals surface area contributed by atoms with Crippen LogP contribution in [-0.2, 0) is 10.2 Å². The predicted molar refractivity (Wildman–Crippen MR) is 141 cm³/mol. The van der Waals surface area contributed by atoms with Crippen molar-refractivity contribution in [3.63, 3.8) is 0 Å². The minimum Gasteiger partial charge on any atom is -0.355 e. The van der Waals surface area contributed by atoms with Gasteiger partial charge in [0.2, 0.25) is 0 Å². The van der Waals surface area contributed by atoms with Crippen LogP contribution < -0.4 is 0 Å². The van der Waals surface area contributed by atoms with Crippen LogP contribution in [0.3, 0.4) is 0 Å². The number of carbonyl (C=O) groups is 2. The lowest BCUT2D eigenvalue weighted by molar-refractivity contribution is -0.130. The van der Waals surface area contributed by atoms with E-state index in [4.69, 9.17) is 4.52 Å². The molecular weight excluding hydrogens is 500 g/mol. The molecule has 39 heavy (non-hydrogen) atoms. The molecule has 1 aliphatic heterocycles. The number of rotatable bonds is 10. The largest absolute Gasteiger partial charge is 0.355 e. The molecule has 2 aromatic heterocycles. The maximum Gasteiger partial charge on any atom is 0.185 e. The first-order valence-corrected chi connectivity index (χ1v) is 13.7. The first kappa shape index (κ1) is 26.0. The van der Waals surface area contributed by atoms with E-state index in [0.29, 0.717) is 37.4 Å². The molecule has 0 amide bonds. The summed E-state index contributed by atoms with van der Waals surface area (Å²) in [6.07, 6.45) is 7.62. The quantitative estimate of drug-likeness (QED) is 0.291. The molecule has 3 aromatic rings. The highest BCUT2D eigenvalue weighted by Crippen LogP contribution is 2.63. The van der Waals surface area contributed by atoms with Crippen LogP contribution >= 0.6 is 0 Å². The second-order valence-electron chi connectivity index (χ2n) is 12.8. The smallest absolute Gasteiger partial charge is 0.185 e. The summed E-state index contributed by atoms with van der Waals surface area (Å²) in [5.41, 5.74) is 0.687. The third-order valence-corrected chi connectivity index (χ3v) is 8.99. The molecule has 3 heterocycles. The first-order chi connectivity index (χ1) is 18.6. The second kappa shape index (κ2) is 9.44. The second-order valence-corrected chi connectivity index (χ2v) is 12.8. The summed E-state index contributed by atoms with van der Waals surface area (Å²) in [6.45, 7) is 5.44. The Bertz CT molecular complexity index is 1400. The highest BCUT2D eigenvalue weighted by atomic mass is 19.1. The maximum absolute atomic E-state index is 14.2. The normalized spacial score (nSPS) is 19.9. The summed E-state index contributed by atoms with van der Waals surface area (Å²) < 4.78 is 32.8. The number of carbonyl (C=O) groups excluding carboxylic acids is 2. The van der Waals surface area contributed by atoms with Gasteiger partial charge in [0.25, 0.3) is 0 Å². The van der Waals surface area contributed by atoms with Crippen LogP contribution in [0.2, 0.25) is 0 Å². The van der Waals surface area contributed by atoms with E-state index >= 15 is 0 Å². The van der Waals surface area contributed by atoms with Crippen LogP contribution in [0.25, 0.3) is 11.3 Å². The summed E-state index contributed by atoms with van der Waals surface area (Å²) >= 11 is 0. The Hall–Kier alpha value is -3.26. The van der Waals surface area contributed by atoms with E-state index in [1.54, 1.807) is 6.20 Å². The monoisotopic (exact) mass is 533 g/mol. The standard InChI is InChI=1S/C31H33F2N3O3/c1-29(2,28-5-3-4-10-34-28)15-22(37)16-31(18-36(19-31)21-13-30(14-21)8-9-30)17-26(38)25-12-27(39-35-25)23-7-6-20(32)11-24(23)33/h3-7,10-12,21H,8-9,13-19H2,1-2H3. The molecule has 3 fully saturated rings. The van der Waals surface area contributed by atoms with Crippen LogP contribution in [0.4, 0.5) is 8.78 Å². The Labute approximate surface area is 226 Å². The van der Waals surface area contributed by atoms with Gasteiger partial charge in [0.15, 0.2) is 11.5 Å². The fourth-order valence-electron chi connectivity index (χ4n) is 6.62. The molecule has 1 spiro atoms. The molecular formula is C31H33F2N3O3. The number of halogens is 2. The van der Waals surface area contributed by atoms with Crippen molar-refractivity contribution in [1.82, 2.24) is 15.0 Å². The van der Waals surface area contributed by atoms with Gasteiger partial charge in [-0.3, -0.25) is 19.5 Å². The molecule has 0 radical (unpaired) electrons. The molecule has 1 aromatic carbocycles.